The van der Waals surface area contributed by atoms with Gasteiger partial charge in [0.15, 0.2) is 11.5 Å². The van der Waals surface area contributed by atoms with Crippen LogP contribution in [-0.4, -0.2) is 12.5 Å². The van der Waals surface area contributed by atoms with Crippen molar-refractivity contribution in [1.29, 1.82) is 5.26 Å². The first-order chi connectivity index (χ1) is 16.3. The van der Waals surface area contributed by atoms with Crippen LogP contribution in [0.25, 0.3) is 6.08 Å². The van der Waals surface area contributed by atoms with Gasteiger partial charge in [0.2, 0.25) is 0 Å². The van der Waals surface area contributed by atoms with Gasteiger partial charge in [-0.05, 0) is 90.4 Å². The Balaban J connectivity index is 1.87. The molecular weight excluding hydrogens is 607 g/mol. The van der Waals surface area contributed by atoms with Crippen molar-refractivity contribution >= 4 is 56.2 Å². The van der Waals surface area contributed by atoms with Crippen molar-refractivity contribution in [3.05, 3.63) is 90.5 Å². The average molecular weight is 631 g/mol. The molecule has 0 spiro atoms. The number of hydrogen-bond acceptors (Lipinski definition) is 4. The molecule has 3 rings (SSSR count). The highest BCUT2D eigenvalue weighted by molar-refractivity contribution is 14.1. The third kappa shape index (κ3) is 6.39. The summed E-state index contributed by atoms with van der Waals surface area (Å²) in [6, 6.07) is 19.2. The van der Waals surface area contributed by atoms with Gasteiger partial charge in [0.1, 0.15) is 18.2 Å². The quantitative estimate of drug-likeness (QED) is 0.162. The number of nitrogens with zero attached hydrogens (tertiary/aromatic N) is 1. The van der Waals surface area contributed by atoms with Crippen LogP contribution in [0.2, 0.25) is 0 Å². The minimum Gasteiger partial charge on any atom is -0.490 e. The first kappa shape index (κ1) is 25.8. The molecule has 0 aliphatic heterocycles. The van der Waals surface area contributed by atoms with Crippen LogP contribution in [0.5, 0.6) is 11.5 Å². The summed E-state index contributed by atoms with van der Waals surface area (Å²) in [6.45, 7) is 6.63. The van der Waals surface area contributed by atoms with Crippen LogP contribution in [0.15, 0.2) is 64.6 Å². The molecule has 34 heavy (non-hydrogen) atoms. The molecule has 0 aromatic heterocycles. The Morgan fingerprint density at radius 1 is 1.15 bits per heavy atom. The predicted molar refractivity (Wildman–Crippen MR) is 147 cm³/mol. The number of carbonyl (C=O) groups excluding carboxylic acids is 1. The van der Waals surface area contributed by atoms with Gasteiger partial charge in [-0.1, -0.05) is 46.3 Å². The molecular formula is C27H24BrIN2O3. The van der Waals surface area contributed by atoms with Gasteiger partial charge in [-0.15, -0.1) is 0 Å². The predicted octanol–water partition coefficient (Wildman–Crippen LogP) is 7.19. The molecule has 0 atom stereocenters. The van der Waals surface area contributed by atoms with Crippen molar-refractivity contribution in [2.75, 3.05) is 11.9 Å². The number of carbonyl (C=O) groups is 1. The lowest BCUT2D eigenvalue weighted by Gasteiger charge is -2.15. The maximum atomic E-state index is 12.8. The van der Waals surface area contributed by atoms with E-state index in [1.807, 2.05) is 75.4 Å². The van der Waals surface area contributed by atoms with Gasteiger partial charge in [-0.3, -0.25) is 4.79 Å². The zero-order chi connectivity index (χ0) is 24.7. The summed E-state index contributed by atoms with van der Waals surface area (Å²) >= 11 is 5.72. The molecule has 1 N–H and O–H groups in total. The van der Waals surface area contributed by atoms with E-state index in [0.29, 0.717) is 36.0 Å². The Bertz CT molecular complexity index is 1280. The summed E-state index contributed by atoms with van der Waals surface area (Å²) < 4.78 is 13.7. The lowest BCUT2D eigenvalue weighted by Crippen LogP contribution is -2.14. The van der Waals surface area contributed by atoms with E-state index in [0.717, 1.165) is 24.7 Å². The number of rotatable bonds is 8. The van der Waals surface area contributed by atoms with Crippen LogP contribution >= 0.6 is 38.5 Å². The van der Waals surface area contributed by atoms with Crippen molar-refractivity contribution in [2.24, 2.45) is 0 Å². The van der Waals surface area contributed by atoms with Gasteiger partial charge in [0.05, 0.1) is 10.2 Å². The maximum Gasteiger partial charge on any atom is 0.266 e. The number of nitriles is 1. The molecule has 0 bridgehead atoms. The molecule has 0 radical (unpaired) electrons. The van der Waals surface area contributed by atoms with Crippen LogP contribution in [0, 0.1) is 28.7 Å². The van der Waals surface area contributed by atoms with E-state index in [4.69, 9.17) is 9.47 Å². The monoisotopic (exact) mass is 630 g/mol. The lowest BCUT2D eigenvalue weighted by atomic mass is 10.1. The average Bonchev–Trinajstić information content (AvgIpc) is 2.81. The molecule has 0 heterocycles. The largest absolute Gasteiger partial charge is 0.490 e. The van der Waals surface area contributed by atoms with E-state index in [9.17, 15) is 10.1 Å². The Morgan fingerprint density at radius 3 is 2.62 bits per heavy atom. The zero-order valence-electron chi connectivity index (χ0n) is 19.1. The van der Waals surface area contributed by atoms with Gasteiger partial charge in [-0.25, -0.2) is 0 Å². The minimum atomic E-state index is -0.460. The number of anilines is 1. The van der Waals surface area contributed by atoms with Crippen LogP contribution in [0.1, 0.15) is 29.2 Å². The fraction of sp³-hybridized carbons (Fsp3) is 0.185. The van der Waals surface area contributed by atoms with Crippen LogP contribution < -0.4 is 14.8 Å². The molecule has 5 nitrogen and oxygen atoms in total. The summed E-state index contributed by atoms with van der Waals surface area (Å²) in [7, 11) is 0. The highest BCUT2D eigenvalue weighted by Gasteiger charge is 2.16. The molecule has 0 aliphatic rings. The third-order valence-electron chi connectivity index (χ3n) is 5.19. The number of hydrogen-bond donors (Lipinski definition) is 1. The smallest absolute Gasteiger partial charge is 0.266 e. The van der Waals surface area contributed by atoms with E-state index in [2.05, 4.69) is 43.8 Å². The molecule has 7 heteroatoms. The number of amides is 1. The fourth-order valence-electron chi connectivity index (χ4n) is 3.23. The topological polar surface area (TPSA) is 71.3 Å². The molecule has 0 fully saturated rings. The lowest BCUT2D eigenvalue weighted by molar-refractivity contribution is -0.112. The number of halogens is 2. The van der Waals surface area contributed by atoms with Gasteiger partial charge in [0, 0.05) is 15.7 Å². The SMILES string of the molecule is CCOc1cc(/C=C(\C#N)C(=O)Nc2cccc(C)c2C)cc(I)c1OCc1ccccc1Br. The van der Waals surface area contributed by atoms with E-state index < -0.39 is 5.91 Å². The number of benzene rings is 3. The van der Waals surface area contributed by atoms with Crippen molar-refractivity contribution in [3.63, 3.8) is 0 Å². The summed E-state index contributed by atoms with van der Waals surface area (Å²) in [4.78, 5) is 12.8. The summed E-state index contributed by atoms with van der Waals surface area (Å²) in [5.41, 5.74) is 4.41. The van der Waals surface area contributed by atoms with Crippen LogP contribution in [-0.2, 0) is 11.4 Å². The van der Waals surface area contributed by atoms with Crippen molar-refractivity contribution in [3.8, 4) is 17.6 Å². The summed E-state index contributed by atoms with van der Waals surface area (Å²) in [5.74, 6) is 0.715. The molecule has 174 valence electrons. The summed E-state index contributed by atoms with van der Waals surface area (Å²) in [5, 5.41) is 12.5. The second-order valence-corrected chi connectivity index (χ2v) is 9.53. The molecule has 0 aliphatic carbocycles. The third-order valence-corrected chi connectivity index (χ3v) is 6.77. The number of nitrogens with one attached hydrogen (secondary N) is 1. The number of ether oxygens (including phenoxy) is 2. The maximum absolute atomic E-state index is 12.8. The fourth-order valence-corrected chi connectivity index (χ4v) is 4.41. The zero-order valence-corrected chi connectivity index (χ0v) is 22.9. The van der Waals surface area contributed by atoms with E-state index in [-0.39, 0.29) is 5.57 Å². The van der Waals surface area contributed by atoms with Gasteiger partial charge in [0.25, 0.3) is 5.91 Å². The first-order valence-corrected chi connectivity index (χ1v) is 12.5. The molecule has 3 aromatic carbocycles. The summed E-state index contributed by atoms with van der Waals surface area (Å²) in [6.07, 6.45) is 1.56. The Kier molecular flexibility index (Phi) is 9.13. The highest BCUT2D eigenvalue weighted by atomic mass is 127. The van der Waals surface area contributed by atoms with E-state index in [1.165, 1.54) is 0 Å². The second-order valence-electron chi connectivity index (χ2n) is 7.51. The first-order valence-electron chi connectivity index (χ1n) is 10.7. The molecule has 1 amide bonds. The van der Waals surface area contributed by atoms with Crippen molar-refractivity contribution < 1.29 is 14.3 Å². The Morgan fingerprint density at radius 2 is 1.91 bits per heavy atom. The standard InChI is InChI=1S/C27H24BrIN2O3/c1-4-33-25-14-19(13-23(29)26(25)34-16-20-9-5-6-10-22(20)28)12-21(15-30)27(32)31-24-11-7-8-17(2)18(24)3/h5-14H,4,16H2,1-3H3,(H,31,32)/b21-12+. The van der Waals surface area contributed by atoms with Gasteiger partial charge < -0.3 is 14.8 Å². The second kappa shape index (κ2) is 12.0. The molecule has 0 saturated heterocycles. The molecule has 3 aromatic rings. The van der Waals surface area contributed by atoms with Crippen molar-refractivity contribution in [2.45, 2.75) is 27.4 Å². The highest BCUT2D eigenvalue weighted by Crippen LogP contribution is 2.36. The Labute approximate surface area is 222 Å². The Hall–Kier alpha value is -2.83. The minimum absolute atomic E-state index is 0.000962. The van der Waals surface area contributed by atoms with Gasteiger partial charge >= 0.3 is 0 Å². The normalized spacial score (nSPS) is 11.0. The van der Waals surface area contributed by atoms with E-state index in [1.54, 1.807) is 12.1 Å². The number of aryl methyl sites for hydroxylation is 1. The van der Waals surface area contributed by atoms with E-state index >= 15 is 0 Å². The van der Waals surface area contributed by atoms with Crippen LogP contribution in [0.4, 0.5) is 5.69 Å². The molecule has 0 saturated carbocycles. The van der Waals surface area contributed by atoms with Gasteiger partial charge in [-0.2, -0.15) is 5.26 Å². The van der Waals surface area contributed by atoms with Crippen molar-refractivity contribution in [1.82, 2.24) is 0 Å². The molecule has 0 unspecified atom stereocenters. The van der Waals surface area contributed by atoms with Crippen LogP contribution in [0.3, 0.4) is 0 Å².